The number of para-hydroxylation sites is 1. The van der Waals surface area contributed by atoms with Crippen LogP contribution < -0.4 is 14.8 Å². The highest BCUT2D eigenvalue weighted by atomic mass is 35.5. The quantitative estimate of drug-likeness (QED) is 0.428. The van der Waals surface area contributed by atoms with E-state index in [9.17, 15) is 4.79 Å². The average Bonchev–Trinajstić information content (AvgIpc) is 2.74. The summed E-state index contributed by atoms with van der Waals surface area (Å²) in [5.41, 5.74) is 2.87. The molecule has 3 aromatic carbocycles. The van der Waals surface area contributed by atoms with Gasteiger partial charge in [-0.15, -0.1) is 0 Å². The molecule has 0 heterocycles. The number of methoxy groups -OCH3 is 1. The van der Waals surface area contributed by atoms with Gasteiger partial charge in [0.1, 0.15) is 18.1 Å². The van der Waals surface area contributed by atoms with Crippen molar-refractivity contribution in [3.05, 3.63) is 87.4 Å². The molecule has 3 rings (SSSR count). The number of halogens is 2. The second-order valence-electron chi connectivity index (χ2n) is 8.14. The Bertz CT molecular complexity index is 1090. The summed E-state index contributed by atoms with van der Waals surface area (Å²) >= 11 is 12.0. The van der Waals surface area contributed by atoms with Crippen molar-refractivity contribution < 1.29 is 14.3 Å². The molecular weight excluding hydrogens is 433 g/mol. The standard InChI is InChI=1S/C25H25Cl2NO3/c1-25(2,3)19-7-5-6-8-23(19)31-15-17-13-16(9-12-22(17)30-4)24(29)28-18-10-11-20(26)21(27)14-18/h5-14H,15H2,1-4H3,(H,28,29). The Hall–Kier alpha value is -2.69. The van der Waals surface area contributed by atoms with E-state index in [1.54, 1.807) is 43.5 Å². The lowest BCUT2D eigenvalue weighted by Gasteiger charge is -2.23. The van der Waals surface area contributed by atoms with Crippen molar-refractivity contribution in [2.75, 3.05) is 12.4 Å². The van der Waals surface area contributed by atoms with Gasteiger partial charge in [-0.25, -0.2) is 0 Å². The van der Waals surface area contributed by atoms with Crippen molar-refractivity contribution in [2.24, 2.45) is 0 Å². The summed E-state index contributed by atoms with van der Waals surface area (Å²) in [6.07, 6.45) is 0. The predicted molar refractivity (Wildman–Crippen MR) is 127 cm³/mol. The van der Waals surface area contributed by atoms with Crippen LogP contribution in [0, 0.1) is 0 Å². The third kappa shape index (κ3) is 5.72. The number of hydrogen-bond acceptors (Lipinski definition) is 3. The molecule has 0 atom stereocenters. The molecule has 0 radical (unpaired) electrons. The van der Waals surface area contributed by atoms with E-state index in [1.165, 1.54) is 0 Å². The summed E-state index contributed by atoms with van der Waals surface area (Å²) < 4.78 is 11.6. The molecule has 0 unspecified atom stereocenters. The molecule has 162 valence electrons. The molecule has 1 amide bonds. The van der Waals surface area contributed by atoms with Crippen LogP contribution in [0.25, 0.3) is 0 Å². The fourth-order valence-corrected chi connectivity index (χ4v) is 3.48. The maximum atomic E-state index is 12.8. The van der Waals surface area contributed by atoms with Gasteiger partial charge in [0.05, 0.1) is 17.2 Å². The first-order valence-corrected chi connectivity index (χ1v) is 10.6. The second kappa shape index (κ2) is 9.63. The molecule has 0 spiro atoms. The summed E-state index contributed by atoms with van der Waals surface area (Å²) in [6.45, 7) is 6.70. The van der Waals surface area contributed by atoms with E-state index >= 15 is 0 Å². The minimum Gasteiger partial charge on any atom is -0.496 e. The molecule has 1 N–H and O–H groups in total. The van der Waals surface area contributed by atoms with Crippen molar-refractivity contribution >= 4 is 34.8 Å². The van der Waals surface area contributed by atoms with Crippen molar-refractivity contribution in [2.45, 2.75) is 32.8 Å². The van der Waals surface area contributed by atoms with Crippen molar-refractivity contribution in [3.8, 4) is 11.5 Å². The number of amides is 1. The van der Waals surface area contributed by atoms with E-state index in [2.05, 4.69) is 32.2 Å². The zero-order valence-electron chi connectivity index (χ0n) is 18.0. The molecule has 0 aromatic heterocycles. The van der Waals surface area contributed by atoms with Crippen LogP contribution in [0.3, 0.4) is 0 Å². The molecule has 0 aliphatic rings. The van der Waals surface area contributed by atoms with Crippen LogP contribution in [0.5, 0.6) is 11.5 Å². The maximum Gasteiger partial charge on any atom is 0.255 e. The number of carbonyl (C=O) groups excluding carboxylic acids is 1. The average molecular weight is 458 g/mol. The Morgan fingerprint density at radius 1 is 0.935 bits per heavy atom. The van der Waals surface area contributed by atoms with Gasteiger partial charge in [0, 0.05) is 16.8 Å². The Labute approximate surface area is 193 Å². The summed E-state index contributed by atoms with van der Waals surface area (Å²) in [7, 11) is 1.59. The van der Waals surface area contributed by atoms with E-state index in [0.29, 0.717) is 27.0 Å². The Kier molecular flexibility index (Phi) is 7.14. The number of hydrogen-bond donors (Lipinski definition) is 1. The van der Waals surface area contributed by atoms with Gasteiger partial charge in [-0.2, -0.15) is 0 Å². The van der Waals surface area contributed by atoms with Crippen molar-refractivity contribution in [3.63, 3.8) is 0 Å². The SMILES string of the molecule is COc1ccc(C(=O)Nc2ccc(Cl)c(Cl)c2)cc1COc1ccccc1C(C)(C)C. The van der Waals surface area contributed by atoms with Gasteiger partial charge in [0.2, 0.25) is 0 Å². The van der Waals surface area contributed by atoms with Gasteiger partial charge in [0.25, 0.3) is 5.91 Å². The third-order valence-corrected chi connectivity index (χ3v) is 5.54. The normalized spacial score (nSPS) is 11.2. The van der Waals surface area contributed by atoms with Gasteiger partial charge < -0.3 is 14.8 Å². The van der Waals surface area contributed by atoms with Crippen LogP contribution in [0.4, 0.5) is 5.69 Å². The molecule has 4 nitrogen and oxygen atoms in total. The number of ether oxygens (including phenoxy) is 2. The summed E-state index contributed by atoms with van der Waals surface area (Å²) in [4.78, 5) is 12.8. The lowest BCUT2D eigenvalue weighted by molar-refractivity contribution is 0.102. The maximum absolute atomic E-state index is 12.8. The summed E-state index contributed by atoms with van der Waals surface area (Å²) in [5, 5.41) is 3.64. The minimum atomic E-state index is -0.266. The van der Waals surface area contributed by atoms with Crippen LogP contribution in [0.15, 0.2) is 60.7 Å². The molecule has 6 heteroatoms. The van der Waals surface area contributed by atoms with Crippen molar-refractivity contribution in [1.29, 1.82) is 0 Å². The highest BCUT2D eigenvalue weighted by molar-refractivity contribution is 6.42. The molecule has 0 saturated carbocycles. The fraction of sp³-hybridized carbons (Fsp3) is 0.240. The van der Waals surface area contributed by atoms with Crippen LogP contribution in [0.2, 0.25) is 10.0 Å². The van der Waals surface area contributed by atoms with E-state index in [1.807, 2.05) is 18.2 Å². The first-order valence-electron chi connectivity index (χ1n) is 9.84. The fourth-order valence-electron chi connectivity index (χ4n) is 3.18. The largest absolute Gasteiger partial charge is 0.496 e. The highest BCUT2D eigenvalue weighted by Crippen LogP contribution is 2.32. The molecule has 0 fully saturated rings. The highest BCUT2D eigenvalue weighted by Gasteiger charge is 2.19. The number of rotatable bonds is 6. The second-order valence-corrected chi connectivity index (χ2v) is 8.96. The van der Waals surface area contributed by atoms with E-state index in [-0.39, 0.29) is 17.9 Å². The molecule has 31 heavy (non-hydrogen) atoms. The van der Waals surface area contributed by atoms with Gasteiger partial charge in [-0.05, 0) is 53.4 Å². The summed E-state index contributed by atoms with van der Waals surface area (Å²) in [6, 6.07) is 18.1. The Balaban J connectivity index is 1.81. The third-order valence-electron chi connectivity index (χ3n) is 4.80. The smallest absolute Gasteiger partial charge is 0.255 e. The van der Waals surface area contributed by atoms with Gasteiger partial charge in [-0.3, -0.25) is 4.79 Å². The number of benzene rings is 3. The molecule has 3 aromatic rings. The topological polar surface area (TPSA) is 47.6 Å². The lowest BCUT2D eigenvalue weighted by atomic mass is 9.86. The van der Waals surface area contributed by atoms with E-state index < -0.39 is 0 Å². The van der Waals surface area contributed by atoms with Crippen LogP contribution in [-0.4, -0.2) is 13.0 Å². The molecule has 0 saturated heterocycles. The van der Waals surface area contributed by atoms with Crippen LogP contribution in [0.1, 0.15) is 42.3 Å². The number of anilines is 1. The van der Waals surface area contributed by atoms with Gasteiger partial charge in [-0.1, -0.05) is 62.2 Å². The predicted octanol–water partition coefficient (Wildman–Crippen LogP) is 7.13. The molecule has 0 aliphatic carbocycles. The van der Waals surface area contributed by atoms with E-state index in [0.717, 1.165) is 16.9 Å². The number of carbonyl (C=O) groups is 1. The number of nitrogens with one attached hydrogen (secondary N) is 1. The van der Waals surface area contributed by atoms with Gasteiger partial charge in [0.15, 0.2) is 0 Å². The molecule has 0 aliphatic heterocycles. The van der Waals surface area contributed by atoms with Gasteiger partial charge >= 0.3 is 0 Å². The van der Waals surface area contributed by atoms with Crippen LogP contribution >= 0.6 is 23.2 Å². The zero-order chi connectivity index (χ0) is 22.6. The minimum absolute atomic E-state index is 0.0533. The molecule has 0 bridgehead atoms. The van der Waals surface area contributed by atoms with Crippen molar-refractivity contribution in [1.82, 2.24) is 0 Å². The Morgan fingerprint density at radius 3 is 2.35 bits per heavy atom. The lowest BCUT2D eigenvalue weighted by Crippen LogP contribution is -2.14. The monoisotopic (exact) mass is 457 g/mol. The summed E-state index contributed by atoms with van der Waals surface area (Å²) in [5.74, 6) is 1.19. The zero-order valence-corrected chi connectivity index (χ0v) is 19.5. The first-order chi connectivity index (χ1) is 14.7. The molecular formula is C25H25Cl2NO3. The van der Waals surface area contributed by atoms with Crippen LogP contribution in [-0.2, 0) is 12.0 Å². The van der Waals surface area contributed by atoms with E-state index in [4.69, 9.17) is 32.7 Å². The Morgan fingerprint density at radius 2 is 1.68 bits per heavy atom. The first kappa shape index (κ1) is 23.0.